The lowest BCUT2D eigenvalue weighted by molar-refractivity contribution is -0.142. The lowest BCUT2D eigenvalue weighted by Crippen LogP contribution is -2.42. The van der Waals surface area contributed by atoms with E-state index in [4.69, 9.17) is 10.5 Å². The largest absolute Gasteiger partial charge is 0.370 e. The molecule has 1 heterocycles. The van der Waals surface area contributed by atoms with Crippen LogP contribution in [0.3, 0.4) is 0 Å². The second-order valence-electron chi connectivity index (χ2n) is 5.90. The van der Waals surface area contributed by atoms with Crippen molar-refractivity contribution in [3.8, 4) is 0 Å². The summed E-state index contributed by atoms with van der Waals surface area (Å²) >= 11 is 0. The number of rotatable bonds is 4. The SMILES string of the molecule is CC(C)(C)OCC(=O)N1CCC(CC(N)=O)CC1. The summed E-state index contributed by atoms with van der Waals surface area (Å²) in [5.74, 6) is 0.105. The van der Waals surface area contributed by atoms with Crippen LogP contribution in [0.15, 0.2) is 0 Å². The smallest absolute Gasteiger partial charge is 0.248 e. The Balaban J connectivity index is 2.29. The zero-order valence-electron chi connectivity index (χ0n) is 11.6. The van der Waals surface area contributed by atoms with E-state index in [1.165, 1.54) is 0 Å². The summed E-state index contributed by atoms with van der Waals surface area (Å²) in [4.78, 5) is 24.5. The average molecular weight is 256 g/mol. The highest BCUT2D eigenvalue weighted by Crippen LogP contribution is 2.20. The molecule has 0 aromatic rings. The van der Waals surface area contributed by atoms with Gasteiger partial charge in [-0.1, -0.05) is 0 Å². The highest BCUT2D eigenvalue weighted by atomic mass is 16.5. The van der Waals surface area contributed by atoms with Crippen molar-refractivity contribution in [2.45, 2.75) is 45.6 Å². The first-order valence-corrected chi connectivity index (χ1v) is 6.48. The van der Waals surface area contributed by atoms with Crippen molar-refractivity contribution < 1.29 is 14.3 Å². The topological polar surface area (TPSA) is 72.6 Å². The Morgan fingerprint density at radius 3 is 2.28 bits per heavy atom. The molecular formula is C13H24N2O3. The summed E-state index contributed by atoms with van der Waals surface area (Å²) in [6.07, 6.45) is 2.13. The number of amides is 2. The lowest BCUT2D eigenvalue weighted by atomic mass is 9.93. The fourth-order valence-corrected chi connectivity index (χ4v) is 2.04. The van der Waals surface area contributed by atoms with Gasteiger partial charge in [-0.25, -0.2) is 0 Å². The lowest BCUT2D eigenvalue weighted by Gasteiger charge is -2.32. The van der Waals surface area contributed by atoms with E-state index in [-0.39, 0.29) is 24.0 Å². The minimum absolute atomic E-state index is 0.0300. The maximum Gasteiger partial charge on any atom is 0.248 e. The van der Waals surface area contributed by atoms with Gasteiger partial charge >= 0.3 is 0 Å². The van der Waals surface area contributed by atoms with Gasteiger partial charge in [0.2, 0.25) is 11.8 Å². The van der Waals surface area contributed by atoms with Gasteiger partial charge in [-0.15, -0.1) is 0 Å². The zero-order chi connectivity index (χ0) is 13.8. The third kappa shape index (κ3) is 5.49. The molecule has 1 aliphatic heterocycles. The van der Waals surface area contributed by atoms with Gasteiger partial charge in [0, 0.05) is 19.5 Å². The normalized spacial score (nSPS) is 17.8. The number of hydrogen-bond donors (Lipinski definition) is 1. The van der Waals surface area contributed by atoms with Crippen LogP contribution >= 0.6 is 0 Å². The van der Waals surface area contributed by atoms with Crippen molar-refractivity contribution in [2.24, 2.45) is 11.7 Å². The molecular weight excluding hydrogens is 232 g/mol. The quantitative estimate of drug-likeness (QED) is 0.812. The molecule has 0 spiro atoms. The number of nitrogens with two attached hydrogens (primary N) is 1. The number of piperidine rings is 1. The molecule has 0 radical (unpaired) electrons. The number of nitrogens with zero attached hydrogens (tertiary/aromatic N) is 1. The second-order valence-corrected chi connectivity index (χ2v) is 5.90. The Bertz CT molecular complexity index is 302. The number of carbonyl (C=O) groups is 2. The molecule has 1 saturated heterocycles. The number of ether oxygens (including phenoxy) is 1. The van der Waals surface area contributed by atoms with Gasteiger partial charge in [-0.05, 0) is 39.5 Å². The molecule has 0 aromatic carbocycles. The van der Waals surface area contributed by atoms with Crippen LogP contribution in [-0.4, -0.2) is 42.0 Å². The molecule has 2 amide bonds. The van der Waals surface area contributed by atoms with Crippen molar-refractivity contribution in [3.63, 3.8) is 0 Å². The fourth-order valence-electron chi connectivity index (χ4n) is 2.04. The van der Waals surface area contributed by atoms with Gasteiger partial charge in [0.15, 0.2) is 0 Å². The molecule has 0 aromatic heterocycles. The number of primary amides is 1. The maximum absolute atomic E-state index is 11.9. The molecule has 1 aliphatic rings. The molecule has 0 atom stereocenters. The molecule has 104 valence electrons. The molecule has 2 N–H and O–H groups in total. The standard InChI is InChI=1S/C13H24N2O3/c1-13(2,3)18-9-12(17)15-6-4-10(5-7-15)8-11(14)16/h10H,4-9H2,1-3H3,(H2,14,16). The molecule has 1 rings (SSSR count). The first-order valence-electron chi connectivity index (χ1n) is 6.48. The third-order valence-electron chi connectivity index (χ3n) is 3.09. The van der Waals surface area contributed by atoms with Gasteiger partial charge in [0.25, 0.3) is 0 Å². The Morgan fingerprint density at radius 2 is 1.83 bits per heavy atom. The number of likely N-dealkylation sites (tertiary alicyclic amines) is 1. The van der Waals surface area contributed by atoms with Crippen molar-refractivity contribution >= 4 is 11.8 Å². The van der Waals surface area contributed by atoms with E-state index in [0.717, 1.165) is 12.8 Å². The van der Waals surface area contributed by atoms with Crippen LogP contribution in [-0.2, 0) is 14.3 Å². The van der Waals surface area contributed by atoms with Gasteiger partial charge < -0.3 is 15.4 Å². The van der Waals surface area contributed by atoms with Gasteiger partial charge in [0.1, 0.15) is 6.61 Å². The molecule has 18 heavy (non-hydrogen) atoms. The molecule has 0 saturated carbocycles. The van der Waals surface area contributed by atoms with E-state index in [1.807, 2.05) is 25.7 Å². The number of hydrogen-bond acceptors (Lipinski definition) is 3. The molecule has 5 nitrogen and oxygen atoms in total. The van der Waals surface area contributed by atoms with Crippen molar-refractivity contribution in [3.05, 3.63) is 0 Å². The predicted octanol–water partition coefficient (Wildman–Crippen LogP) is 0.915. The summed E-state index contributed by atoms with van der Waals surface area (Å²) in [7, 11) is 0. The first-order chi connectivity index (χ1) is 8.28. The van der Waals surface area contributed by atoms with Crippen molar-refractivity contribution in [1.29, 1.82) is 0 Å². The summed E-state index contributed by atoms with van der Waals surface area (Å²) in [5.41, 5.74) is 4.88. The summed E-state index contributed by atoms with van der Waals surface area (Å²) in [6.45, 7) is 7.32. The van der Waals surface area contributed by atoms with Gasteiger partial charge in [-0.3, -0.25) is 9.59 Å². The minimum atomic E-state index is -0.292. The van der Waals surface area contributed by atoms with E-state index < -0.39 is 0 Å². The number of carbonyl (C=O) groups excluding carboxylic acids is 2. The van der Waals surface area contributed by atoms with Gasteiger partial charge in [0.05, 0.1) is 5.60 Å². The third-order valence-corrected chi connectivity index (χ3v) is 3.09. The molecule has 0 bridgehead atoms. The van der Waals surface area contributed by atoms with E-state index in [0.29, 0.717) is 25.4 Å². The van der Waals surface area contributed by atoms with E-state index in [9.17, 15) is 9.59 Å². The van der Waals surface area contributed by atoms with Crippen molar-refractivity contribution in [2.75, 3.05) is 19.7 Å². The second kappa shape index (κ2) is 6.18. The van der Waals surface area contributed by atoms with Crippen molar-refractivity contribution in [1.82, 2.24) is 4.90 Å². The Morgan fingerprint density at radius 1 is 1.28 bits per heavy atom. The highest BCUT2D eigenvalue weighted by molar-refractivity contribution is 5.77. The highest BCUT2D eigenvalue weighted by Gasteiger charge is 2.24. The molecule has 5 heteroatoms. The summed E-state index contributed by atoms with van der Waals surface area (Å²) in [6, 6.07) is 0. The predicted molar refractivity (Wildman–Crippen MR) is 68.8 cm³/mol. The maximum atomic E-state index is 11.9. The Kier molecular flexibility index (Phi) is 5.14. The van der Waals surface area contributed by atoms with E-state index >= 15 is 0 Å². The van der Waals surface area contributed by atoms with Crippen LogP contribution in [0.1, 0.15) is 40.0 Å². The molecule has 0 aliphatic carbocycles. The van der Waals surface area contributed by atoms with Crippen LogP contribution in [0.25, 0.3) is 0 Å². The van der Waals surface area contributed by atoms with E-state index in [1.54, 1.807) is 0 Å². The fraction of sp³-hybridized carbons (Fsp3) is 0.846. The Hall–Kier alpha value is -1.10. The van der Waals surface area contributed by atoms with Crippen LogP contribution < -0.4 is 5.73 Å². The Labute approximate surface area is 109 Å². The molecule has 1 fully saturated rings. The summed E-state index contributed by atoms with van der Waals surface area (Å²) in [5, 5.41) is 0. The molecule has 0 unspecified atom stereocenters. The zero-order valence-corrected chi connectivity index (χ0v) is 11.6. The van der Waals surface area contributed by atoms with Crippen LogP contribution in [0, 0.1) is 5.92 Å². The van der Waals surface area contributed by atoms with Crippen LogP contribution in [0.2, 0.25) is 0 Å². The average Bonchev–Trinajstić information content (AvgIpc) is 2.25. The first kappa shape index (κ1) is 15.0. The summed E-state index contributed by atoms with van der Waals surface area (Å²) < 4.78 is 5.47. The van der Waals surface area contributed by atoms with Crippen LogP contribution in [0.4, 0.5) is 0 Å². The monoisotopic (exact) mass is 256 g/mol. The minimum Gasteiger partial charge on any atom is -0.370 e. The van der Waals surface area contributed by atoms with Gasteiger partial charge in [-0.2, -0.15) is 0 Å². The van der Waals surface area contributed by atoms with E-state index in [2.05, 4.69) is 0 Å². The van der Waals surface area contributed by atoms with Crippen LogP contribution in [0.5, 0.6) is 0 Å².